The topological polar surface area (TPSA) is 82.4 Å². The molecule has 0 saturated heterocycles. The fourth-order valence-corrected chi connectivity index (χ4v) is 4.44. The zero-order valence-electron chi connectivity index (χ0n) is 16.5. The van der Waals surface area contributed by atoms with E-state index >= 15 is 0 Å². The first-order valence-corrected chi connectivity index (χ1v) is 11.0. The molecule has 0 aliphatic carbocycles. The van der Waals surface area contributed by atoms with Crippen LogP contribution in [0.5, 0.6) is 11.5 Å². The minimum absolute atomic E-state index is 0.173. The number of hydrogen-bond acceptors (Lipinski definition) is 5. The molecule has 3 aromatic rings. The van der Waals surface area contributed by atoms with Gasteiger partial charge in [-0.15, -0.1) is 0 Å². The normalized spacial score (nSPS) is 12.6. The van der Waals surface area contributed by atoms with Crippen molar-refractivity contribution in [1.29, 1.82) is 0 Å². The van der Waals surface area contributed by atoms with Gasteiger partial charge < -0.3 is 14.0 Å². The van der Waals surface area contributed by atoms with E-state index in [-0.39, 0.29) is 4.90 Å². The third-order valence-corrected chi connectivity index (χ3v) is 6.85. The van der Waals surface area contributed by atoms with Crippen LogP contribution in [0.3, 0.4) is 0 Å². The molecule has 0 fully saturated rings. The smallest absolute Gasteiger partial charge is 0.241 e. The van der Waals surface area contributed by atoms with Gasteiger partial charge in [0.25, 0.3) is 0 Å². The van der Waals surface area contributed by atoms with Crippen molar-refractivity contribution in [1.82, 2.24) is 14.3 Å². The number of methoxy groups -OCH3 is 2. The van der Waals surface area contributed by atoms with Crippen LogP contribution in [0.25, 0.3) is 0 Å². The Hall–Kier alpha value is -2.36. The monoisotopic (exact) mass is 479 g/mol. The number of aromatic nitrogens is 2. The van der Waals surface area contributed by atoms with Crippen molar-refractivity contribution in [2.24, 2.45) is 7.05 Å². The molecule has 2 aromatic carbocycles. The minimum Gasteiger partial charge on any atom is -0.497 e. The highest BCUT2D eigenvalue weighted by molar-refractivity contribution is 9.10. The summed E-state index contributed by atoms with van der Waals surface area (Å²) in [5.41, 5.74) is 1.47. The molecule has 0 saturated carbocycles. The van der Waals surface area contributed by atoms with Crippen LogP contribution in [0.1, 0.15) is 23.0 Å². The number of sulfonamides is 1. The Balaban J connectivity index is 2.10. The number of nitrogens with zero attached hydrogens (tertiary/aromatic N) is 2. The summed E-state index contributed by atoms with van der Waals surface area (Å²) < 4.78 is 42.4. The first-order valence-electron chi connectivity index (χ1n) is 8.74. The van der Waals surface area contributed by atoms with Gasteiger partial charge in [0, 0.05) is 30.0 Å². The molecule has 0 aliphatic rings. The summed E-state index contributed by atoms with van der Waals surface area (Å²) in [5, 5.41) is 0. The first kappa shape index (κ1) is 21.4. The molecule has 1 N–H and O–H groups in total. The van der Waals surface area contributed by atoms with Gasteiger partial charge in [-0.2, -0.15) is 4.72 Å². The molecule has 7 nitrogen and oxygen atoms in total. The van der Waals surface area contributed by atoms with Gasteiger partial charge in [0.1, 0.15) is 23.4 Å². The predicted molar refractivity (Wildman–Crippen MR) is 114 cm³/mol. The van der Waals surface area contributed by atoms with Gasteiger partial charge in [0.05, 0.1) is 19.1 Å². The number of ether oxygens (including phenoxy) is 2. The molecule has 1 atom stereocenters. The Kier molecular flexibility index (Phi) is 6.30. The van der Waals surface area contributed by atoms with Crippen molar-refractivity contribution in [3.8, 4) is 11.5 Å². The lowest BCUT2D eigenvalue weighted by Crippen LogP contribution is -2.31. The second-order valence-electron chi connectivity index (χ2n) is 6.51. The van der Waals surface area contributed by atoms with Gasteiger partial charge in [-0.3, -0.25) is 0 Å². The van der Waals surface area contributed by atoms with Crippen molar-refractivity contribution >= 4 is 26.0 Å². The summed E-state index contributed by atoms with van der Waals surface area (Å²) in [6.07, 6.45) is 3.38. The first-order chi connectivity index (χ1) is 13.7. The number of aryl methyl sites for hydroxylation is 2. The molecule has 1 aromatic heterocycles. The van der Waals surface area contributed by atoms with E-state index in [2.05, 4.69) is 25.6 Å². The maximum absolute atomic E-state index is 13.2. The Morgan fingerprint density at radius 3 is 2.28 bits per heavy atom. The standard InChI is InChI=1S/C20H22BrN3O4S/c1-13-9-17(5-6-18(13)21)29(25,26)23-19(20-22-7-8-24(20)2)14-10-15(27-3)12-16(11-14)28-4/h5-12,19,23H,1-4H3. The molecule has 0 radical (unpaired) electrons. The summed E-state index contributed by atoms with van der Waals surface area (Å²) in [4.78, 5) is 4.53. The average molecular weight is 480 g/mol. The highest BCUT2D eigenvalue weighted by Gasteiger charge is 2.27. The third-order valence-electron chi connectivity index (χ3n) is 4.54. The van der Waals surface area contributed by atoms with Crippen molar-refractivity contribution in [3.63, 3.8) is 0 Å². The van der Waals surface area contributed by atoms with Gasteiger partial charge in [0.2, 0.25) is 10.0 Å². The number of nitrogens with one attached hydrogen (secondary N) is 1. The zero-order valence-corrected chi connectivity index (χ0v) is 18.9. The number of imidazole rings is 1. The van der Waals surface area contributed by atoms with Gasteiger partial charge in [-0.05, 0) is 48.4 Å². The summed E-state index contributed by atoms with van der Waals surface area (Å²) in [5.74, 6) is 1.65. The molecule has 154 valence electrons. The Morgan fingerprint density at radius 1 is 1.10 bits per heavy atom. The van der Waals surface area contributed by atoms with E-state index in [1.165, 1.54) is 0 Å². The van der Waals surface area contributed by atoms with E-state index in [9.17, 15) is 8.42 Å². The summed E-state index contributed by atoms with van der Waals surface area (Å²) >= 11 is 3.40. The highest BCUT2D eigenvalue weighted by atomic mass is 79.9. The molecule has 3 rings (SSSR count). The Labute approximate surface area is 178 Å². The van der Waals surface area contributed by atoms with Crippen LogP contribution in [-0.4, -0.2) is 32.2 Å². The van der Waals surface area contributed by atoms with Crippen LogP contribution < -0.4 is 14.2 Å². The van der Waals surface area contributed by atoms with E-state index in [0.717, 1.165) is 10.0 Å². The van der Waals surface area contributed by atoms with Crippen LogP contribution in [0.2, 0.25) is 0 Å². The lowest BCUT2D eigenvalue weighted by molar-refractivity contribution is 0.392. The summed E-state index contributed by atoms with van der Waals surface area (Å²) in [6.45, 7) is 1.84. The summed E-state index contributed by atoms with van der Waals surface area (Å²) in [6, 6.07) is 9.40. The van der Waals surface area contributed by atoms with Crippen LogP contribution >= 0.6 is 15.9 Å². The van der Waals surface area contributed by atoms with Crippen molar-refractivity contribution in [2.75, 3.05) is 14.2 Å². The van der Waals surface area contributed by atoms with Crippen molar-refractivity contribution in [3.05, 3.63) is 70.2 Å². The third kappa shape index (κ3) is 4.63. The molecule has 1 heterocycles. The minimum atomic E-state index is -3.83. The largest absolute Gasteiger partial charge is 0.497 e. The quantitative estimate of drug-likeness (QED) is 0.559. The Bertz CT molecular complexity index is 1110. The molecule has 0 bridgehead atoms. The highest BCUT2D eigenvalue weighted by Crippen LogP contribution is 2.31. The number of benzene rings is 2. The number of rotatable bonds is 7. The molecular formula is C20H22BrN3O4S. The van der Waals surface area contributed by atoms with Gasteiger partial charge in [0.15, 0.2) is 0 Å². The molecule has 9 heteroatoms. The molecule has 29 heavy (non-hydrogen) atoms. The maximum Gasteiger partial charge on any atom is 0.241 e. The number of hydrogen-bond donors (Lipinski definition) is 1. The van der Waals surface area contributed by atoms with Crippen molar-refractivity contribution in [2.45, 2.75) is 17.9 Å². The Morgan fingerprint density at radius 2 is 1.76 bits per heavy atom. The fourth-order valence-electron chi connectivity index (χ4n) is 2.93. The predicted octanol–water partition coefficient (Wildman–Crippen LogP) is 3.58. The number of halogens is 1. The lowest BCUT2D eigenvalue weighted by atomic mass is 10.1. The molecular weight excluding hydrogens is 458 g/mol. The SMILES string of the molecule is COc1cc(OC)cc(C(NS(=O)(=O)c2ccc(Br)c(C)c2)c2nccn2C)c1. The zero-order chi connectivity index (χ0) is 21.2. The van der Waals surface area contributed by atoms with E-state index in [1.54, 1.807) is 67.6 Å². The van der Waals surface area contributed by atoms with E-state index in [4.69, 9.17) is 9.47 Å². The second kappa shape index (κ2) is 8.56. The van der Waals surface area contributed by atoms with Gasteiger partial charge >= 0.3 is 0 Å². The van der Waals surface area contributed by atoms with Crippen LogP contribution in [-0.2, 0) is 17.1 Å². The second-order valence-corrected chi connectivity index (χ2v) is 9.08. The van der Waals surface area contributed by atoms with Crippen LogP contribution in [0, 0.1) is 6.92 Å². The van der Waals surface area contributed by atoms with Gasteiger partial charge in [-0.25, -0.2) is 13.4 Å². The maximum atomic E-state index is 13.2. The molecule has 0 amide bonds. The van der Waals surface area contributed by atoms with Crippen LogP contribution in [0.15, 0.2) is 58.2 Å². The van der Waals surface area contributed by atoms with Crippen LogP contribution in [0.4, 0.5) is 0 Å². The van der Waals surface area contributed by atoms with E-state index < -0.39 is 16.1 Å². The summed E-state index contributed by atoms with van der Waals surface area (Å²) in [7, 11) is 1.07. The molecule has 0 spiro atoms. The lowest BCUT2D eigenvalue weighted by Gasteiger charge is -2.21. The van der Waals surface area contributed by atoms with Crippen molar-refractivity contribution < 1.29 is 17.9 Å². The van der Waals surface area contributed by atoms with Gasteiger partial charge in [-0.1, -0.05) is 15.9 Å². The van der Waals surface area contributed by atoms with E-state index in [1.807, 2.05) is 14.0 Å². The molecule has 1 unspecified atom stereocenters. The fraction of sp³-hybridized carbons (Fsp3) is 0.250. The molecule has 0 aliphatic heterocycles. The average Bonchev–Trinajstić information content (AvgIpc) is 3.13. The van der Waals surface area contributed by atoms with E-state index in [0.29, 0.717) is 22.9 Å².